The molecule has 9 heteroatoms. The summed E-state index contributed by atoms with van der Waals surface area (Å²) < 4.78 is 7.08. The van der Waals surface area contributed by atoms with E-state index in [1.54, 1.807) is 13.0 Å². The van der Waals surface area contributed by atoms with Gasteiger partial charge in [-0.3, -0.25) is 14.8 Å². The summed E-state index contributed by atoms with van der Waals surface area (Å²) in [5.74, 6) is -1.30. The minimum Gasteiger partial charge on any atom is -0.448 e. The van der Waals surface area contributed by atoms with E-state index in [0.717, 1.165) is 21.5 Å². The van der Waals surface area contributed by atoms with Crippen LogP contribution in [0.25, 0.3) is 10.2 Å². The Morgan fingerprint density at radius 1 is 1.24 bits per heavy atom. The van der Waals surface area contributed by atoms with Gasteiger partial charge in [-0.15, -0.1) is 11.3 Å². The summed E-state index contributed by atoms with van der Waals surface area (Å²) in [6.07, 6.45) is -1.10. The first-order valence-corrected chi connectivity index (χ1v) is 10.0. The highest BCUT2D eigenvalue weighted by atomic mass is 32.1. The highest BCUT2D eigenvalue weighted by Gasteiger charge is 2.23. The van der Waals surface area contributed by atoms with Crippen LogP contribution in [0.2, 0.25) is 0 Å². The molecular weight excluding hydrogens is 392 g/mol. The number of hydrogen-bond donors (Lipinski definition) is 2. The first-order chi connectivity index (χ1) is 13.9. The zero-order chi connectivity index (χ0) is 21.0. The molecule has 3 amide bonds. The number of urea groups is 1. The third-order valence-corrected chi connectivity index (χ3v) is 5.34. The van der Waals surface area contributed by atoms with Crippen LogP contribution in [-0.4, -0.2) is 40.3 Å². The van der Waals surface area contributed by atoms with Crippen LogP contribution in [0.1, 0.15) is 34.8 Å². The Morgan fingerprint density at radius 3 is 2.66 bits per heavy atom. The maximum atomic E-state index is 12.5. The number of ether oxygens (including phenoxy) is 1. The molecule has 1 unspecified atom stereocenters. The average molecular weight is 414 g/mol. The zero-order valence-electron chi connectivity index (χ0n) is 16.4. The molecule has 0 aliphatic heterocycles. The van der Waals surface area contributed by atoms with E-state index in [1.807, 2.05) is 41.9 Å². The number of nitrogens with one attached hydrogen (secondary N) is 2. The number of esters is 1. The second-order valence-corrected chi connectivity index (χ2v) is 7.49. The number of carbonyl (C=O) groups excluding carboxylic acids is 3. The molecule has 2 N–H and O–H groups in total. The number of amides is 3. The van der Waals surface area contributed by atoms with Crippen molar-refractivity contribution in [2.45, 2.75) is 33.4 Å². The van der Waals surface area contributed by atoms with Crippen LogP contribution in [-0.2, 0) is 16.1 Å². The number of fused-ring (bicyclic) bond motifs is 1. The number of rotatable bonds is 6. The van der Waals surface area contributed by atoms with Gasteiger partial charge in [-0.1, -0.05) is 30.3 Å². The second kappa shape index (κ2) is 8.87. The lowest BCUT2D eigenvalue weighted by Gasteiger charge is -2.12. The van der Waals surface area contributed by atoms with Crippen molar-refractivity contribution in [1.82, 2.24) is 20.4 Å². The lowest BCUT2D eigenvalue weighted by molar-refractivity contribution is -0.127. The van der Waals surface area contributed by atoms with E-state index in [1.165, 1.54) is 18.3 Å². The summed E-state index contributed by atoms with van der Waals surface area (Å²) in [6, 6.07) is 11.0. The number of aryl methyl sites for hydroxylation is 1. The van der Waals surface area contributed by atoms with Gasteiger partial charge >= 0.3 is 12.0 Å². The van der Waals surface area contributed by atoms with E-state index in [-0.39, 0.29) is 0 Å². The fourth-order valence-corrected chi connectivity index (χ4v) is 3.81. The number of benzene rings is 1. The molecule has 8 nitrogen and oxygen atoms in total. The maximum absolute atomic E-state index is 12.5. The van der Waals surface area contributed by atoms with Crippen LogP contribution in [0, 0.1) is 6.92 Å². The third kappa shape index (κ3) is 4.80. The molecule has 0 saturated carbocycles. The van der Waals surface area contributed by atoms with E-state index in [2.05, 4.69) is 15.7 Å². The SMILES string of the molecule is CCNC(=O)NC(=O)C(C)OC(=O)c1cc2c(C)nn(Cc3ccccc3)c2s1. The van der Waals surface area contributed by atoms with E-state index < -0.39 is 24.0 Å². The molecule has 0 aliphatic rings. The summed E-state index contributed by atoms with van der Waals surface area (Å²) >= 11 is 1.26. The van der Waals surface area contributed by atoms with Gasteiger partial charge in [0.25, 0.3) is 5.91 Å². The van der Waals surface area contributed by atoms with Crippen LogP contribution in [0.4, 0.5) is 4.79 Å². The molecular formula is C20H22N4O4S. The van der Waals surface area contributed by atoms with Gasteiger partial charge in [0.1, 0.15) is 9.71 Å². The largest absolute Gasteiger partial charge is 0.448 e. The van der Waals surface area contributed by atoms with Crippen molar-refractivity contribution in [3.8, 4) is 0 Å². The van der Waals surface area contributed by atoms with Gasteiger partial charge in [-0.25, -0.2) is 9.59 Å². The van der Waals surface area contributed by atoms with Crippen molar-refractivity contribution in [3.63, 3.8) is 0 Å². The Kier molecular flexibility index (Phi) is 6.28. The minimum absolute atomic E-state index is 0.375. The molecule has 2 aromatic heterocycles. The topological polar surface area (TPSA) is 102 Å². The quantitative estimate of drug-likeness (QED) is 0.604. The van der Waals surface area contributed by atoms with Crippen LogP contribution in [0.5, 0.6) is 0 Å². The highest BCUT2D eigenvalue weighted by Crippen LogP contribution is 2.29. The van der Waals surface area contributed by atoms with Crippen molar-refractivity contribution < 1.29 is 19.1 Å². The predicted octanol–water partition coefficient (Wildman–Crippen LogP) is 2.85. The molecule has 2 heterocycles. The van der Waals surface area contributed by atoms with Crippen molar-refractivity contribution >= 4 is 39.5 Å². The molecule has 1 atom stereocenters. The van der Waals surface area contributed by atoms with Crippen molar-refractivity contribution in [3.05, 3.63) is 52.5 Å². The number of imide groups is 1. The summed E-state index contributed by atoms with van der Waals surface area (Å²) in [4.78, 5) is 37.1. The Balaban J connectivity index is 1.73. The van der Waals surface area contributed by atoms with Gasteiger partial charge in [0.15, 0.2) is 6.10 Å². The molecule has 0 saturated heterocycles. The van der Waals surface area contributed by atoms with Crippen LogP contribution >= 0.6 is 11.3 Å². The maximum Gasteiger partial charge on any atom is 0.349 e. The molecule has 1 aromatic carbocycles. The Bertz CT molecular complexity index is 1040. The number of nitrogens with zero attached hydrogens (tertiary/aromatic N) is 2. The molecule has 0 radical (unpaired) electrons. The van der Waals surface area contributed by atoms with E-state index in [9.17, 15) is 14.4 Å². The molecule has 0 spiro atoms. The fourth-order valence-electron chi connectivity index (χ4n) is 2.77. The summed E-state index contributed by atoms with van der Waals surface area (Å²) in [6.45, 7) is 6.01. The van der Waals surface area contributed by atoms with Gasteiger partial charge < -0.3 is 10.1 Å². The summed E-state index contributed by atoms with van der Waals surface area (Å²) in [7, 11) is 0. The first-order valence-electron chi connectivity index (χ1n) is 9.19. The molecule has 0 aliphatic carbocycles. The Labute approximate surface area is 171 Å². The molecule has 0 fully saturated rings. The molecule has 29 heavy (non-hydrogen) atoms. The number of carbonyl (C=O) groups is 3. The van der Waals surface area contributed by atoms with Crippen molar-refractivity contribution in [1.29, 1.82) is 0 Å². The molecule has 3 aromatic rings. The van der Waals surface area contributed by atoms with Crippen molar-refractivity contribution in [2.75, 3.05) is 6.54 Å². The second-order valence-electron chi connectivity index (χ2n) is 6.45. The number of aromatic nitrogens is 2. The van der Waals surface area contributed by atoms with Crippen molar-refractivity contribution in [2.24, 2.45) is 0 Å². The fraction of sp³-hybridized carbons (Fsp3) is 0.300. The third-order valence-electron chi connectivity index (χ3n) is 4.21. The van der Waals surface area contributed by atoms with Gasteiger partial charge in [-0.2, -0.15) is 5.10 Å². The molecule has 152 valence electrons. The monoisotopic (exact) mass is 414 g/mol. The summed E-state index contributed by atoms with van der Waals surface area (Å²) in [5.41, 5.74) is 1.92. The van der Waals surface area contributed by atoms with Crippen LogP contribution in [0.3, 0.4) is 0 Å². The average Bonchev–Trinajstić information content (AvgIpc) is 3.24. The normalized spacial score (nSPS) is 11.8. The smallest absolute Gasteiger partial charge is 0.349 e. The van der Waals surface area contributed by atoms with Crippen LogP contribution < -0.4 is 10.6 Å². The zero-order valence-corrected chi connectivity index (χ0v) is 17.2. The van der Waals surface area contributed by atoms with E-state index >= 15 is 0 Å². The standard InChI is InChI=1S/C20H22N4O4S/c1-4-21-20(27)22-17(25)13(3)28-19(26)16-10-15-12(2)23-24(18(15)29-16)11-14-8-6-5-7-9-14/h5-10,13H,4,11H2,1-3H3,(H2,21,22,25,27). The van der Waals surface area contributed by atoms with Gasteiger partial charge in [0.2, 0.25) is 0 Å². The molecule has 3 rings (SSSR count). The van der Waals surface area contributed by atoms with Gasteiger partial charge in [-0.05, 0) is 32.4 Å². The lowest BCUT2D eigenvalue weighted by Crippen LogP contribution is -2.44. The van der Waals surface area contributed by atoms with E-state index in [0.29, 0.717) is 18.0 Å². The highest BCUT2D eigenvalue weighted by molar-refractivity contribution is 7.20. The predicted molar refractivity (Wildman–Crippen MR) is 110 cm³/mol. The van der Waals surface area contributed by atoms with Crippen LogP contribution in [0.15, 0.2) is 36.4 Å². The first kappa shape index (κ1) is 20.5. The Morgan fingerprint density at radius 2 is 1.97 bits per heavy atom. The molecule has 0 bridgehead atoms. The van der Waals surface area contributed by atoms with Gasteiger partial charge in [0.05, 0.1) is 12.2 Å². The number of hydrogen-bond acceptors (Lipinski definition) is 6. The van der Waals surface area contributed by atoms with Gasteiger partial charge in [0, 0.05) is 11.9 Å². The lowest BCUT2D eigenvalue weighted by atomic mass is 10.2. The van der Waals surface area contributed by atoms with E-state index in [4.69, 9.17) is 4.74 Å². The minimum atomic E-state index is -1.10. The summed E-state index contributed by atoms with van der Waals surface area (Å²) in [5, 5.41) is 10.00. The Hall–Kier alpha value is -3.20. The number of thiophene rings is 1.